The lowest BCUT2D eigenvalue weighted by atomic mass is 9.95. The summed E-state index contributed by atoms with van der Waals surface area (Å²) in [5, 5.41) is 9.00. The molecule has 64 valence electrons. The first-order chi connectivity index (χ1) is 5.24. The molecule has 2 atom stereocenters. The van der Waals surface area contributed by atoms with Crippen LogP contribution >= 0.6 is 0 Å². The number of hydrogen-bond donors (Lipinski definition) is 1. The van der Waals surface area contributed by atoms with E-state index in [0.717, 1.165) is 0 Å². The van der Waals surface area contributed by atoms with Crippen molar-refractivity contribution in [3.63, 3.8) is 0 Å². The smallest absolute Gasteiger partial charge is 0.0465 e. The first-order valence-electron chi connectivity index (χ1n) is 4.85. The summed E-state index contributed by atoms with van der Waals surface area (Å²) >= 11 is 0. The van der Waals surface area contributed by atoms with E-state index in [1.165, 1.54) is 25.7 Å². The van der Waals surface area contributed by atoms with Gasteiger partial charge in [0.2, 0.25) is 0 Å². The standard InChI is InChI=1S/C10H18O/c1-3-9(4-2)7-10(9)5-8(10)6-11/h8,11H,3-7H2,1-2H3/t8-,10-/m1/s1. The third-order valence-electron chi connectivity index (χ3n) is 4.39. The van der Waals surface area contributed by atoms with Crippen molar-refractivity contribution in [1.82, 2.24) is 0 Å². The van der Waals surface area contributed by atoms with Crippen LogP contribution in [0.1, 0.15) is 39.5 Å². The molecule has 0 radical (unpaired) electrons. The molecule has 2 fully saturated rings. The van der Waals surface area contributed by atoms with E-state index in [-0.39, 0.29) is 0 Å². The van der Waals surface area contributed by atoms with Crippen LogP contribution in [-0.2, 0) is 0 Å². The monoisotopic (exact) mass is 154 g/mol. The van der Waals surface area contributed by atoms with Crippen molar-refractivity contribution >= 4 is 0 Å². The average molecular weight is 154 g/mol. The lowest BCUT2D eigenvalue weighted by Gasteiger charge is -2.10. The highest BCUT2D eigenvalue weighted by molar-refractivity contribution is 5.25. The van der Waals surface area contributed by atoms with E-state index >= 15 is 0 Å². The number of hydrogen-bond acceptors (Lipinski definition) is 1. The van der Waals surface area contributed by atoms with Gasteiger partial charge in [-0.1, -0.05) is 13.8 Å². The Bertz CT molecular complexity index is 172. The van der Waals surface area contributed by atoms with Crippen LogP contribution in [0.5, 0.6) is 0 Å². The number of aliphatic hydroxyl groups is 1. The molecule has 0 amide bonds. The summed E-state index contributed by atoms with van der Waals surface area (Å²) in [7, 11) is 0. The van der Waals surface area contributed by atoms with Crippen LogP contribution in [-0.4, -0.2) is 11.7 Å². The van der Waals surface area contributed by atoms with Crippen molar-refractivity contribution in [2.24, 2.45) is 16.7 Å². The van der Waals surface area contributed by atoms with E-state index in [1.807, 2.05) is 0 Å². The van der Waals surface area contributed by atoms with Crippen molar-refractivity contribution in [3.05, 3.63) is 0 Å². The van der Waals surface area contributed by atoms with Gasteiger partial charge in [0, 0.05) is 6.61 Å². The molecule has 1 nitrogen and oxygen atoms in total. The lowest BCUT2D eigenvalue weighted by Crippen LogP contribution is -2.03. The first kappa shape index (κ1) is 7.60. The normalized spacial score (nSPS) is 44.5. The maximum atomic E-state index is 9.00. The molecule has 1 N–H and O–H groups in total. The second kappa shape index (κ2) is 2.01. The molecule has 2 aliphatic carbocycles. The topological polar surface area (TPSA) is 20.2 Å². The quantitative estimate of drug-likeness (QED) is 0.660. The predicted octanol–water partition coefficient (Wildman–Crippen LogP) is 2.20. The van der Waals surface area contributed by atoms with Crippen molar-refractivity contribution < 1.29 is 5.11 Å². The van der Waals surface area contributed by atoms with Crippen LogP contribution in [0.25, 0.3) is 0 Å². The summed E-state index contributed by atoms with van der Waals surface area (Å²) in [5.41, 5.74) is 1.28. The largest absolute Gasteiger partial charge is 0.396 e. The Morgan fingerprint density at radius 1 is 1.36 bits per heavy atom. The van der Waals surface area contributed by atoms with Crippen molar-refractivity contribution in [2.45, 2.75) is 39.5 Å². The Kier molecular flexibility index (Phi) is 1.39. The van der Waals surface area contributed by atoms with E-state index in [2.05, 4.69) is 13.8 Å². The molecule has 1 spiro atoms. The van der Waals surface area contributed by atoms with Gasteiger partial charge < -0.3 is 5.11 Å². The molecule has 11 heavy (non-hydrogen) atoms. The molecule has 2 aliphatic rings. The van der Waals surface area contributed by atoms with Gasteiger partial charge in [-0.05, 0) is 42.4 Å². The molecule has 0 bridgehead atoms. The molecule has 0 saturated heterocycles. The maximum Gasteiger partial charge on any atom is 0.0465 e. The zero-order valence-corrected chi connectivity index (χ0v) is 7.56. The van der Waals surface area contributed by atoms with Crippen molar-refractivity contribution in [3.8, 4) is 0 Å². The van der Waals surface area contributed by atoms with Gasteiger partial charge in [-0.15, -0.1) is 0 Å². The summed E-state index contributed by atoms with van der Waals surface area (Å²) in [5.74, 6) is 0.669. The van der Waals surface area contributed by atoms with Gasteiger partial charge in [-0.25, -0.2) is 0 Å². The van der Waals surface area contributed by atoms with E-state index in [0.29, 0.717) is 23.4 Å². The van der Waals surface area contributed by atoms with Crippen LogP contribution in [0.15, 0.2) is 0 Å². The zero-order valence-electron chi connectivity index (χ0n) is 7.56. The van der Waals surface area contributed by atoms with Crippen LogP contribution in [0.4, 0.5) is 0 Å². The molecule has 0 aliphatic heterocycles. The van der Waals surface area contributed by atoms with Gasteiger partial charge >= 0.3 is 0 Å². The summed E-state index contributed by atoms with van der Waals surface area (Å²) < 4.78 is 0. The van der Waals surface area contributed by atoms with Crippen LogP contribution < -0.4 is 0 Å². The average Bonchev–Trinajstić information content (AvgIpc) is 2.91. The third-order valence-corrected chi connectivity index (χ3v) is 4.39. The summed E-state index contributed by atoms with van der Waals surface area (Å²) in [4.78, 5) is 0. The molecule has 2 rings (SSSR count). The van der Waals surface area contributed by atoms with Crippen LogP contribution in [0.3, 0.4) is 0 Å². The Labute approximate surface area is 68.8 Å². The fraction of sp³-hybridized carbons (Fsp3) is 1.00. The SMILES string of the molecule is CCC1(CC)C[C@@]12C[C@@H]2CO. The number of rotatable bonds is 3. The number of aliphatic hydroxyl groups excluding tert-OH is 1. The third kappa shape index (κ3) is 0.703. The summed E-state index contributed by atoms with van der Waals surface area (Å²) in [6.45, 7) is 5.03. The molecule has 0 aromatic heterocycles. The van der Waals surface area contributed by atoms with Crippen molar-refractivity contribution in [2.75, 3.05) is 6.61 Å². The van der Waals surface area contributed by atoms with E-state index < -0.39 is 0 Å². The van der Waals surface area contributed by atoms with Gasteiger partial charge in [0.25, 0.3) is 0 Å². The molecule has 1 heteroatoms. The Morgan fingerprint density at radius 2 is 2.00 bits per heavy atom. The maximum absolute atomic E-state index is 9.00. The van der Waals surface area contributed by atoms with Crippen molar-refractivity contribution in [1.29, 1.82) is 0 Å². The van der Waals surface area contributed by atoms with Crippen LogP contribution in [0, 0.1) is 16.7 Å². The highest BCUT2D eigenvalue weighted by Gasteiger charge is 2.76. The highest BCUT2D eigenvalue weighted by atomic mass is 16.3. The Morgan fingerprint density at radius 3 is 2.27 bits per heavy atom. The van der Waals surface area contributed by atoms with Gasteiger partial charge in [-0.2, -0.15) is 0 Å². The van der Waals surface area contributed by atoms with E-state index in [9.17, 15) is 0 Å². The van der Waals surface area contributed by atoms with Gasteiger partial charge in [0.05, 0.1) is 0 Å². The molecule has 0 aromatic carbocycles. The van der Waals surface area contributed by atoms with Gasteiger partial charge in [0.15, 0.2) is 0 Å². The minimum absolute atomic E-state index is 0.432. The van der Waals surface area contributed by atoms with E-state index in [4.69, 9.17) is 5.11 Å². The minimum atomic E-state index is 0.432. The predicted molar refractivity (Wildman–Crippen MR) is 45.3 cm³/mol. The molecule has 0 heterocycles. The second-order valence-corrected chi connectivity index (χ2v) is 4.40. The van der Waals surface area contributed by atoms with E-state index in [1.54, 1.807) is 0 Å². The molecule has 0 aromatic rings. The highest BCUT2D eigenvalue weighted by Crippen LogP contribution is 2.83. The molecular formula is C10H18O. The molecule has 2 saturated carbocycles. The fourth-order valence-electron chi connectivity index (χ4n) is 3.25. The Hall–Kier alpha value is -0.0400. The fourth-order valence-corrected chi connectivity index (χ4v) is 3.25. The molecular weight excluding hydrogens is 136 g/mol. The lowest BCUT2D eigenvalue weighted by molar-refractivity contribution is 0.255. The Balaban J connectivity index is 2.03. The summed E-state index contributed by atoms with van der Waals surface area (Å²) in [6.07, 6.45) is 5.35. The van der Waals surface area contributed by atoms with Crippen LogP contribution in [0.2, 0.25) is 0 Å². The van der Waals surface area contributed by atoms with Gasteiger partial charge in [-0.3, -0.25) is 0 Å². The zero-order chi connectivity index (χ0) is 8.11. The van der Waals surface area contributed by atoms with Gasteiger partial charge in [0.1, 0.15) is 0 Å². The molecule has 0 unspecified atom stereocenters. The minimum Gasteiger partial charge on any atom is -0.396 e. The first-order valence-corrected chi connectivity index (χ1v) is 4.85. The summed E-state index contributed by atoms with van der Waals surface area (Å²) in [6, 6.07) is 0. The second-order valence-electron chi connectivity index (χ2n) is 4.40.